The molecular formula is C12H13NO2. The maximum absolute atomic E-state index is 11.0. The lowest BCUT2D eigenvalue weighted by Gasteiger charge is -2.27. The van der Waals surface area contributed by atoms with E-state index >= 15 is 0 Å². The molecule has 78 valence electrons. The van der Waals surface area contributed by atoms with Crippen molar-refractivity contribution in [1.29, 1.82) is 0 Å². The maximum atomic E-state index is 11.0. The summed E-state index contributed by atoms with van der Waals surface area (Å²) in [6, 6.07) is 8.08. The van der Waals surface area contributed by atoms with E-state index in [1.807, 2.05) is 18.2 Å². The second-order valence-corrected chi connectivity index (χ2v) is 4.47. The van der Waals surface area contributed by atoms with Crippen LogP contribution in [0.2, 0.25) is 0 Å². The molecule has 0 radical (unpaired) electrons. The van der Waals surface area contributed by atoms with Crippen molar-refractivity contribution in [2.75, 3.05) is 11.9 Å². The number of hydrogen-bond acceptors (Lipinski definition) is 2. The van der Waals surface area contributed by atoms with Crippen LogP contribution in [0.25, 0.3) is 0 Å². The van der Waals surface area contributed by atoms with Gasteiger partial charge in [-0.3, -0.25) is 4.79 Å². The van der Waals surface area contributed by atoms with Crippen LogP contribution in [0, 0.1) is 5.92 Å². The summed E-state index contributed by atoms with van der Waals surface area (Å²) in [5, 5.41) is 12.4. The quantitative estimate of drug-likeness (QED) is 0.732. The Morgan fingerprint density at radius 3 is 3.00 bits per heavy atom. The van der Waals surface area contributed by atoms with Gasteiger partial charge in [-0.1, -0.05) is 18.2 Å². The van der Waals surface area contributed by atoms with Gasteiger partial charge >= 0.3 is 5.97 Å². The summed E-state index contributed by atoms with van der Waals surface area (Å²) >= 11 is 0. The second-order valence-electron chi connectivity index (χ2n) is 4.47. The number of aliphatic carboxylic acids is 1. The summed E-state index contributed by atoms with van der Waals surface area (Å²) in [6.45, 7) is 0.890. The molecule has 15 heavy (non-hydrogen) atoms. The summed E-state index contributed by atoms with van der Waals surface area (Å²) < 4.78 is 0. The number of hydrogen-bond donors (Lipinski definition) is 2. The highest BCUT2D eigenvalue weighted by Gasteiger charge is 2.60. The Hall–Kier alpha value is -1.51. The van der Waals surface area contributed by atoms with Crippen LogP contribution in [-0.2, 0) is 10.2 Å². The molecule has 1 fully saturated rings. The van der Waals surface area contributed by atoms with E-state index in [2.05, 4.69) is 11.4 Å². The van der Waals surface area contributed by atoms with Gasteiger partial charge in [-0.25, -0.2) is 0 Å². The van der Waals surface area contributed by atoms with Crippen LogP contribution in [0.5, 0.6) is 0 Å². The van der Waals surface area contributed by atoms with Gasteiger partial charge in [0.25, 0.3) is 0 Å². The Labute approximate surface area is 88.1 Å². The van der Waals surface area contributed by atoms with E-state index in [9.17, 15) is 4.79 Å². The molecule has 0 aromatic heterocycles. The normalized spacial score (nSPS) is 31.9. The Kier molecular flexibility index (Phi) is 1.61. The van der Waals surface area contributed by atoms with Gasteiger partial charge < -0.3 is 10.4 Å². The molecule has 2 atom stereocenters. The van der Waals surface area contributed by atoms with Crippen molar-refractivity contribution in [2.45, 2.75) is 18.3 Å². The molecule has 3 rings (SSSR count). The largest absolute Gasteiger partial charge is 0.481 e. The van der Waals surface area contributed by atoms with E-state index in [4.69, 9.17) is 5.11 Å². The zero-order chi connectivity index (χ0) is 10.5. The topological polar surface area (TPSA) is 49.3 Å². The number of rotatable bonds is 1. The highest BCUT2D eigenvalue weighted by atomic mass is 16.4. The number of anilines is 1. The lowest BCUT2D eigenvalue weighted by Crippen LogP contribution is -2.25. The van der Waals surface area contributed by atoms with E-state index in [0.717, 1.165) is 25.1 Å². The predicted octanol–water partition coefficient (Wildman–Crippen LogP) is 1.84. The molecule has 2 N–H and O–H groups in total. The number of para-hydroxylation sites is 1. The average molecular weight is 203 g/mol. The molecule has 2 unspecified atom stereocenters. The summed E-state index contributed by atoms with van der Waals surface area (Å²) in [6.07, 6.45) is 1.75. The van der Waals surface area contributed by atoms with Crippen molar-refractivity contribution >= 4 is 11.7 Å². The van der Waals surface area contributed by atoms with Gasteiger partial charge in [0.1, 0.15) is 0 Å². The van der Waals surface area contributed by atoms with Crippen LogP contribution in [-0.4, -0.2) is 17.6 Å². The summed E-state index contributed by atoms with van der Waals surface area (Å²) in [4.78, 5) is 11.0. The first-order chi connectivity index (χ1) is 7.24. The summed E-state index contributed by atoms with van der Waals surface area (Å²) in [5.74, 6) is -0.813. The minimum atomic E-state index is -0.647. The number of fused-ring (bicyclic) bond motifs is 2. The van der Waals surface area contributed by atoms with Crippen molar-refractivity contribution < 1.29 is 9.90 Å². The Morgan fingerprint density at radius 1 is 1.47 bits per heavy atom. The fourth-order valence-corrected chi connectivity index (χ4v) is 2.83. The van der Waals surface area contributed by atoms with Crippen molar-refractivity contribution in [2.24, 2.45) is 5.92 Å². The van der Waals surface area contributed by atoms with Gasteiger partial charge in [0.15, 0.2) is 0 Å². The van der Waals surface area contributed by atoms with E-state index in [0.29, 0.717) is 0 Å². The molecule has 1 saturated carbocycles. The van der Waals surface area contributed by atoms with Crippen LogP contribution >= 0.6 is 0 Å². The van der Waals surface area contributed by atoms with Gasteiger partial charge in [0.05, 0.1) is 5.92 Å². The van der Waals surface area contributed by atoms with E-state index < -0.39 is 5.97 Å². The SMILES string of the molecule is O=C(O)C1CC12CCNc1ccccc12. The minimum absolute atomic E-state index is 0.0618. The van der Waals surface area contributed by atoms with Gasteiger partial charge in [-0.2, -0.15) is 0 Å². The van der Waals surface area contributed by atoms with E-state index in [1.54, 1.807) is 0 Å². The Bertz CT molecular complexity index is 429. The maximum Gasteiger partial charge on any atom is 0.307 e. The first-order valence-electron chi connectivity index (χ1n) is 5.30. The zero-order valence-electron chi connectivity index (χ0n) is 8.36. The first kappa shape index (κ1) is 8.77. The van der Waals surface area contributed by atoms with Crippen molar-refractivity contribution in [3.05, 3.63) is 29.8 Å². The van der Waals surface area contributed by atoms with Crippen LogP contribution < -0.4 is 5.32 Å². The van der Waals surface area contributed by atoms with Gasteiger partial charge in [-0.05, 0) is 24.5 Å². The predicted molar refractivity (Wildman–Crippen MR) is 57.0 cm³/mol. The molecule has 3 heteroatoms. The van der Waals surface area contributed by atoms with E-state index in [1.165, 1.54) is 5.56 Å². The molecule has 1 aromatic carbocycles. The number of carboxylic acid groups (broad SMARTS) is 1. The first-order valence-corrected chi connectivity index (χ1v) is 5.30. The van der Waals surface area contributed by atoms with Gasteiger partial charge in [0.2, 0.25) is 0 Å². The number of benzene rings is 1. The molecule has 3 nitrogen and oxygen atoms in total. The monoisotopic (exact) mass is 203 g/mol. The lowest BCUT2D eigenvalue weighted by atomic mass is 9.86. The highest BCUT2D eigenvalue weighted by molar-refractivity contribution is 5.79. The molecule has 1 heterocycles. The average Bonchev–Trinajstić information content (AvgIpc) is 2.95. The fraction of sp³-hybridized carbons (Fsp3) is 0.417. The number of carbonyl (C=O) groups is 1. The zero-order valence-corrected chi connectivity index (χ0v) is 8.36. The van der Waals surface area contributed by atoms with E-state index in [-0.39, 0.29) is 11.3 Å². The van der Waals surface area contributed by atoms with Gasteiger partial charge in [0, 0.05) is 17.6 Å². The molecule has 1 spiro atoms. The van der Waals surface area contributed by atoms with Crippen molar-refractivity contribution in [1.82, 2.24) is 0 Å². The van der Waals surface area contributed by atoms with Crippen LogP contribution in [0.4, 0.5) is 5.69 Å². The molecule has 0 amide bonds. The molecule has 1 aliphatic heterocycles. The standard InChI is InChI=1S/C12H13NO2/c14-11(15)9-7-12(9)5-6-13-10-4-2-1-3-8(10)12/h1-4,9,13H,5-7H2,(H,14,15). The Morgan fingerprint density at radius 2 is 2.27 bits per heavy atom. The summed E-state index contributed by atoms with van der Waals surface area (Å²) in [5.41, 5.74) is 2.25. The van der Waals surface area contributed by atoms with Crippen LogP contribution in [0.15, 0.2) is 24.3 Å². The number of nitrogens with one attached hydrogen (secondary N) is 1. The molecule has 0 bridgehead atoms. The lowest BCUT2D eigenvalue weighted by molar-refractivity contribution is -0.139. The minimum Gasteiger partial charge on any atom is -0.481 e. The fourth-order valence-electron chi connectivity index (χ4n) is 2.83. The van der Waals surface area contributed by atoms with Crippen LogP contribution in [0.1, 0.15) is 18.4 Å². The third-order valence-electron chi connectivity index (χ3n) is 3.72. The molecule has 1 aliphatic carbocycles. The van der Waals surface area contributed by atoms with Crippen molar-refractivity contribution in [3.8, 4) is 0 Å². The third kappa shape index (κ3) is 1.09. The molecule has 0 saturated heterocycles. The summed E-state index contributed by atoms with van der Waals surface area (Å²) in [7, 11) is 0. The molecular weight excluding hydrogens is 190 g/mol. The van der Waals surface area contributed by atoms with Crippen molar-refractivity contribution in [3.63, 3.8) is 0 Å². The van der Waals surface area contributed by atoms with Crippen LogP contribution in [0.3, 0.4) is 0 Å². The van der Waals surface area contributed by atoms with Gasteiger partial charge in [-0.15, -0.1) is 0 Å². The molecule has 2 aliphatic rings. The Balaban J connectivity index is 2.05. The smallest absolute Gasteiger partial charge is 0.307 e. The number of carboxylic acids is 1. The molecule has 1 aromatic rings. The third-order valence-corrected chi connectivity index (χ3v) is 3.72. The highest BCUT2D eigenvalue weighted by Crippen LogP contribution is 2.59. The second kappa shape index (κ2) is 2.75.